The summed E-state index contributed by atoms with van der Waals surface area (Å²) < 4.78 is 82.6. The highest BCUT2D eigenvalue weighted by Gasteiger charge is 2.44. The molecule has 1 aromatic heterocycles. The molecule has 11 nitrogen and oxygen atoms in total. The third kappa shape index (κ3) is 9.76. The first-order chi connectivity index (χ1) is 18.0. The average Bonchev–Trinajstić information content (AvgIpc) is 3.28. The first-order valence-corrected chi connectivity index (χ1v) is 11.4. The highest BCUT2D eigenvalue weighted by molar-refractivity contribution is 5.81. The van der Waals surface area contributed by atoms with Crippen LogP contribution in [0.1, 0.15) is 12.8 Å². The number of piperazine rings is 1. The number of aliphatic carboxylic acids is 2. The van der Waals surface area contributed by atoms with Gasteiger partial charge in [0.15, 0.2) is 5.82 Å². The molecule has 0 unspecified atom stereocenters. The summed E-state index contributed by atoms with van der Waals surface area (Å²) >= 11 is 0. The Hall–Kier alpha value is -3.28. The molecule has 4 heterocycles. The minimum atomic E-state index is -5.08. The summed E-state index contributed by atoms with van der Waals surface area (Å²) in [5, 5.41) is 14.2. The Bertz CT molecular complexity index is 963. The number of likely N-dealkylation sites (N-methyl/N-ethyl adjacent to an activating group) is 1. The number of carboxylic acid groups (broad SMARTS) is 2. The first-order valence-electron chi connectivity index (χ1n) is 11.4. The molecule has 2 N–H and O–H groups in total. The SMILES string of the molecule is CN1CCN(C(=O)[C@@H]2C[C@@H]3CCN(c4ncc(F)cn4)C[C@H]3O2)CC1.O=C(O)C(F)(F)F.O=C(O)C(F)(F)F. The van der Waals surface area contributed by atoms with E-state index in [-0.39, 0.29) is 18.1 Å². The lowest BCUT2D eigenvalue weighted by Crippen LogP contribution is -2.50. The molecule has 0 aromatic carbocycles. The number of carbonyl (C=O) groups excluding carboxylic acids is 1. The maximum Gasteiger partial charge on any atom is 0.490 e. The molecule has 39 heavy (non-hydrogen) atoms. The zero-order valence-electron chi connectivity index (χ0n) is 20.5. The Morgan fingerprint density at radius 2 is 1.41 bits per heavy atom. The van der Waals surface area contributed by atoms with E-state index < -0.39 is 30.1 Å². The molecular weight excluding hydrogens is 551 g/mol. The number of aromatic nitrogens is 2. The van der Waals surface area contributed by atoms with Crippen molar-refractivity contribution in [3.05, 3.63) is 18.2 Å². The van der Waals surface area contributed by atoms with Crippen LogP contribution < -0.4 is 4.90 Å². The van der Waals surface area contributed by atoms with Gasteiger partial charge in [0, 0.05) is 39.3 Å². The van der Waals surface area contributed by atoms with Gasteiger partial charge < -0.3 is 29.6 Å². The van der Waals surface area contributed by atoms with E-state index in [1.807, 2.05) is 9.80 Å². The molecule has 1 amide bonds. The molecule has 3 aliphatic heterocycles. The molecule has 0 saturated carbocycles. The van der Waals surface area contributed by atoms with Crippen LogP contribution in [0, 0.1) is 11.7 Å². The van der Waals surface area contributed by atoms with Crippen molar-refractivity contribution in [2.75, 3.05) is 51.2 Å². The van der Waals surface area contributed by atoms with Crippen LogP contribution in [0.2, 0.25) is 0 Å². The molecule has 3 fully saturated rings. The standard InChI is InChI=1S/C17H24FN5O2.2C2HF3O2/c1-21-4-6-22(7-5-21)16(24)14-8-12-2-3-23(11-15(12)25-14)17-19-9-13(18)10-20-17;2*3-2(4,5)1(6)7/h9-10,12,14-15H,2-8,11H2,1H3;2*(H,6,7)/t12-,14-,15+;;/m0../s1. The summed E-state index contributed by atoms with van der Waals surface area (Å²) in [5.41, 5.74) is 0. The third-order valence-electron chi connectivity index (χ3n) is 6.02. The van der Waals surface area contributed by atoms with E-state index in [4.69, 9.17) is 24.5 Å². The van der Waals surface area contributed by atoms with E-state index in [1.165, 1.54) is 12.4 Å². The number of piperidine rings is 1. The molecule has 18 heteroatoms. The number of rotatable bonds is 2. The molecule has 4 rings (SSSR count). The number of carbonyl (C=O) groups is 3. The number of halogens is 7. The van der Waals surface area contributed by atoms with Crippen LogP contribution in [0.4, 0.5) is 36.7 Å². The molecule has 3 saturated heterocycles. The second-order valence-corrected chi connectivity index (χ2v) is 8.83. The number of nitrogens with zero attached hydrogens (tertiary/aromatic N) is 5. The number of carboxylic acids is 2. The number of anilines is 1. The van der Waals surface area contributed by atoms with Crippen molar-refractivity contribution in [1.29, 1.82) is 0 Å². The van der Waals surface area contributed by atoms with Gasteiger partial charge in [0.2, 0.25) is 5.95 Å². The van der Waals surface area contributed by atoms with Crippen molar-refractivity contribution in [1.82, 2.24) is 19.8 Å². The lowest BCUT2D eigenvalue weighted by Gasteiger charge is -2.34. The molecule has 220 valence electrons. The number of hydrogen-bond donors (Lipinski definition) is 2. The molecular formula is C21H26F7N5O6. The largest absolute Gasteiger partial charge is 0.490 e. The van der Waals surface area contributed by atoms with Gasteiger partial charge in [-0.15, -0.1) is 0 Å². The summed E-state index contributed by atoms with van der Waals surface area (Å²) in [7, 11) is 2.08. The second kappa shape index (κ2) is 13.2. The van der Waals surface area contributed by atoms with Gasteiger partial charge >= 0.3 is 24.3 Å². The van der Waals surface area contributed by atoms with Gasteiger partial charge in [0.25, 0.3) is 5.91 Å². The van der Waals surface area contributed by atoms with Crippen LogP contribution in [-0.4, -0.2) is 119 Å². The van der Waals surface area contributed by atoms with E-state index in [1.54, 1.807) is 0 Å². The number of alkyl halides is 6. The van der Waals surface area contributed by atoms with Crippen molar-refractivity contribution in [3.8, 4) is 0 Å². The number of ether oxygens (including phenoxy) is 1. The Kier molecular flexibility index (Phi) is 10.8. The van der Waals surface area contributed by atoms with Gasteiger partial charge in [-0.1, -0.05) is 0 Å². The number of amides is 1. The quantitative estimate of drug-likeness (QED) is 0.500. The zero-order valence-corrected chi connectivity index (χ0v) is 20.5. The monoisotopic (exact) mass is 577 g/mol. The topological polar surface area (TPSA) is 136 Å². The van der Waals surface area contributed by atoms with Crippen LogP contribution in [0.3, 0.4) is 0 Å². The summed E-state index contributed by atoms with van der Waals surface area (Å²) in [5.74, 6) is -4.89. The molecule has 0 bridgehead atoms. The fourth-order valence-corrected chi connectivity index (χ4v) is 3.97. The molecule has 0 radical (unpaired) electrons. The summed E-state index contributed by atoms with van der Waals surface area (Å²) in [6, 6.07) is 0. The second-order valence-electron chi connectivity index (χ2n) is 8.83. The smallest absolute Gasteiger partial charge is 0.475 e. The van der Waals surface area contributed by atoms with Crippen LogP contribution in [-0.2, 0) is 19.1 Å². The molecule has 3 aliphatic rings. The molecule has 0 aliphatic carbocycles. The Morgan fingerprint density at radius 3 is 1.87 bits per heavy atom. The Balaban J connectivity index is 0.000000317. The van der Waals surface area contributed by atoms with E-state index >= 15 is 0 Å². The third-order valence-corrected chi connectivity index (χ3v) is 6.02. The zero-order chi connectivity index (χ0) is 29.5. The van der Waals surface area contributed by atoms with Gasteiger partial charge in [-0.05, 0) is 25.8 Å². The van der Waals surface area contributed by atoms with Gasteiger partial charge in [-0.25, -0.2) is 23.9 Å². The summed E-state index contributed by atoms with van der Waals surface area (Å²) in [4.78, 5) is 44.8. The van der Waals surface area contributed by atoms with Crippen molar-refractivity contribution in [2.45, 2.75) is 37.4 Å². The predicted molar refractivity (Wildman–Crippen MR) is 117 cm³/mol. The van der Waals surface area contributed by atoms with Gasteiger partial charge in [-0.3, -0.25) is 4.79 Å². The van der Waals surface area contributed by atoms with Crippen molar-refractivity contribution in [3.63, 3.8) is 0 Å². The highest BCUT2D eigenvalue weighted by Crippen LogP contribution is 2.35. The predicted octanol–water partition coefficient (Wildman–Crippen LogP) is 1.64. The normalized spacial score (nSPS) is 23.5. The van der Waals surface area contributed by atoms with Crippen molar-refractivity contribution >= 4 is 23.8 Å². The lowest BCUT2D eigenvalue weighted by atomic mass is 9.91. The van der Waals surface area contributed by atoms with Crippen LogP contribution >= 0.6 is 0 Å². The van der Waals surface area contributed by atoms with E-state index in [0.717, 1.165) is 45.6 Å². The minimum absolute atomic E-state index is 0.0174. The van der Waals surface area contributed by atoms with Crippen LogP contribution in [0.5, 0.6) is 0 Å². The first kappa shape index (κ1) is 31.9. The Morgan fingerprint density at radius 1 is 0.923 bits per heavy atom. The number of fused-ring (bicyclic) bond motifs is 1. The van der Waals surface area contributed by atoms with E-state index in [2.05, 4.69) is 21.9 Å². The van der Waals surface area contributed by atoms with Crippen LogP contribution in [0.15, 0.2) is 12.4 Å². The molecule has 1 aromatic rings. The molecule has 0 spiro atoms. The minimum Gasteiger partial charge on any atom is -0.475 e. The fraction of sp³-hybridized carbons (Fsp3) is 0.667. The number of hydrogen-bond acceptors (Lipinski definition) is 8. The van der Waals surface area contributed by atoms with Crippen molar-refractivity contribution < 1.29 is 60.1 Å². The molecule has 3 atom stereocenters. The maximum absolute atomic E-state index is 13.0. The van der Waals surface area contributed by atoms with Gasteiger partial charge in [0.1, 0.15) is 6.10 Å². The van der Waals surface area contributed by atoms with Gasteiger partial charge in [-0.2, -0.15) is 26.3 Å². The van der Waals surface area contributed by atoms with E-state index in [9.17, 15) is 35.5 Å². The fourth-order valence-electron chi connectivity index (χ4n) is 3.97. The van der Waals surface area contributed by atoms with Gasteiger partial charge in [0.05, 0.1) is 18.5 Å². The average molecular weight is 577 g/mol. The summed E-state index contributed by atoms with van der Waals surface area (Å²) in [6.45, 7) is 4.86. The lowest BCUT2D eigenvalue weighted by molar-refractivity contribution is -0.193. The Labute approximate surface area is 217 Å². The van der Waals surface area contributed by atoms with Crippen molar-refractivity contribution in [2.24, 2.45) is 5.92 Å². The van der Waals surface area contributed by atoms with Crippen LogP contribution in [0.25, 0.3) is 0 Å². The maximum atomic E-state index is 13.0. The summed E-state index contributed by atoms with van der Waals surface area (Å²) in [6.07, 6.45) is -6.37. The highest BCUT2D eigenvalue weighted by atomic mass is 19.4. The van der Waals surface area contributed by atoms with E-state index in [0.29, 0.717) is 18.4 Å².